The Balaban J connectivity index is 1.37. The summed E-state index contributed by atoms with van der Waals surface area (Å²) in [6.45, 7) is 3.72. The van der Waals surface area contributed by atoms with E-state index in [0.29, 0.717) is 28.7 Å². The van der Waals surface area contributed by atoms with Crippen LogP contribution in [0.1, 0.15) is 21.5 Å². The number of urea groups is 1. The number of carbonyl (C=O) groups excluding carboxylic acids is 2. The van der Waals surface area contributed by atoms with E-state index in [1.165, 1.54) is 17.0 Å². The number of ether oxygens (including phenoxy) is 1. The molecule has 4 aromatic rings. The van der Waals surface area contributed by atoms with E-state index in [0.717, 1.165) is 28.9 Å². The van der Waals surface area contributed by atoms with Crippen LogP contribution >= 0.6 is 0 Å². The number of hydrogen-bond acceptors (Lipinski definition) is 7. The number of rotatable bonds is 8. The Hall–Kier alpha value is -5.33. The molecule has 0 radical (unpaired) electrons. The van der Waals surface area contributed by atoms with Crippen LogP contribution in [0.2, 0.25) is 0 Å². The van der Waals surface area contributed by atoms with E-state index in [-0.39, 0.29) is 17.3 Å². The predicted octanol–water partition coefficient (Wildman–Crippen LogP) is 6.83. The van der Waals surface area contributed by atoms with Gasteiger partial charge in [-0.05, 0) is 85.6 Å². The van der Waals surface area contributed by atoms with Crippen LogP contribution in [0.25, 0.3) is 0 Å². The monoisotopic (exact) mass is 579 g/mol. The first-order valence-corrected chi connectivity index (χ1v) is 12.6. The van der Waals surface area contributed by atoms with Crippen LogP contribution in [0.5, 0.6) is 5.75 Å². The van der Waals surface area contributed by atoms with Crippen molar-refractivity contribution in [2.45, 2.75) is 20.2 Å². The second-order valence-electron chi connectivity index (χ2n) is 9.43. The largest absolute Gasteiger partial charge is 0.573 e. The van der Waals surface area contributed by atoms with E-state index in [1.807, 2.05) is 26.0 Å². The van der Waals surface area contributed by atoms with Crippen LogP contribution in [0, 0.1) is 13.8 Å². The molecule has 0 aliphatic carbocycles. The molecular weight excluding hydrogens is 551 g/mol. The van der Waals surface area contributed by atoms with Crippen molar-refractivity contribution < 1.29 is 27.5 Å². The standard InChI is InChI=1S/C29H28F3N7O3/c1-17-5-6-21(16-23(17)26(40)39(3)4)34-27-33-14-13-25(38-27)37-24-12-9-20(15-18(24)2)36-28(41)35-19-7-10-22(11-8-19)42-29(30,31)32/h5-16H,1-4H3,(H2,35,36,41)(H2,33,34,37,38). The second kappa shape index (κ2) is 12.5. The smallest absolute Gasteiger partial charge is 0.406 e. The number of anilines is 6. The van der Waals surface area contributed by atoms with Gasteiger partial charge < -0.3 is 30.9 Å². The molecule has 3 amide bonds. The zero-order chi connectivity index (χ0) is 30.4. The van der Waals surface area contributed by atoms with E-state index in [9.17, 15) is 22.8 Å². The van der Waals surface area contributed by atoms with E-state index >= 15 is 0 Å². The fourth-order valence-corrected chi connectivity index (χ4v) is 3.84. The quantitative estimate of drug-likeness (QED) is 0.181. The van der Waals surface area contributed by atoms with Gasteiger partial charge in [-0.1, -0.05) is 6.07 Å². The molecular formula is C29H28F3N7O3. The molecule has 0 saturated carbocycles. The highest BCUT2D eigenvalue weighted by atomic mass is 19.4. The first-order valence-electron chi connectivity index (χ1n) is 12.6. The molecule has 0 spiro atoms. The molecule has 0 fully saturated rings. The molecule has 42 heavy (non-hydrogen) atoms. The van der Waals surface area contributed by atoms with Crippen LogP contribution < -0.4 is 26.0 Å². The highest BCUT2D eigenvalue weighted by Gasteiger charge is 2.31. The topological polar surface area (TPSA) is 121 Å². The number of nitrogens with one attached hydrogen (secondary N) is 4. The number of amides is 3. The minimum Gasteiger partial charge on any atom is -0.406 e. The van der Waals surface area contributed by atoms with Crippen molar-refractivity contribution >= 4 is 46.5 Å². The summed E-state index contributed by atoms with van der Waals surface area (Å²) in [4.78, 5) is 35.1. The van der Waals surface area contributed by atoms with Gasteiger partial charge in [0.05, 0.1) is 0 Å². The molecule has 218 valence electrons. The molecule has 13 heteroatoms. The molecule has 1 heterocycles. The maximum Gasteiger partial charge on any atom is 0.573 e. The number of hydrogen-bond donors (Lipinski definition) is 4. The van der Waals surface area contributed by atoms with Crippen LogP contribution in [0.4, 0.5) is 52.5 Å². The number of aromatic nitrogens is 2. The van der Waals surface area contributed by atoms with Crippen LogP contribution in [0.15, 0.2) is 72.9 Å². The first-order chi connectivity index (χ1) is 19.9. The number of aryl methyl sites for hydroxylation is 2. The van der Waals surface area contributed by atoms with Crippen molar-refractivity contribution in [3.05, 3.63) is 89.6 Å². The Morgan fingerprint density at radius 1 is 0.810 bits per heavy atom. The van der Waals surface area contributed by atoms with E-state index in [2.05, 4.69) is 36.0 Å². The average molecular weight is 580 g/mol. The SMILES string of the molecule is Cc1cc(NC(=O)Nc2ccc(OC(F)(F)F)cc2)ccc1Nc1ccnc(Nc2ccc(C)c(C(=O)N(C)C)c2)n1. The highest BCUT2D eigenvalue weighted by molar-refractivity contribution is 6.00. The lowest BCUT2D eigenvalue weighted by molar-refractivity contribution is -0.274. The highest BCUT2D eigenvalue weighted by Crippen LogP contribution is 2.26. The van der Waals surface area contributed by atoms with Gasteiger partial charge in [0.15, 0.2) is 0 Å². The predicted molar refractivity (Wildman–Crippen MR) is 155 cm³/mol. The Morgan fingerprint density at radius 2 is 1.48 bits per heavy atom. The average Bonchev–Trinajstić information content (AvgIpc) is 2.91. The maximum atomic E-state index is 12.5. The molecule has 3 aromatic carbocycles. The van der Waals surface area contributed by atoms with Gasteiger partial charge in [-0.2, -0.15) is 4.98 Å². The third-order valence-corrected chi connectivity index (χ3v) is 5.88. The minimum atomic E-state index is -4.79. The summed E-state index contributed by atoms with van der Waals surface area (Å²) in [5, 5.41) is 11.6. The molecule has 0 saturated heterocycles. The maximum absolute atomic E-state index is 12.5. The summed E-state index contributed by atoms with van der Waals surface area (Å²) in [5.41, 5.74) is 4.43. The molecule has 0 aliphatic rings. The van der Waals surface area contributed by atoms with Gasteiger partial charge in [0.25, 0.3) is 5.91 Å². The molecule has 1 aromatic heterocycles. The number of halogens is 3. The summed E-state index contributed by atoms with van der Waals surface area (Å²) in [7, 11) is 3.39. The van der Waals surface area contributed by atoms with Gasteiger partial charge in [0.2, 0.25) is 5.95 Å². The summed E-state index contributed by atoms with van der Waals surface area (Å²) in [6, 6.07) is 16.6. The van der Waals surface area contributed by atoms with Gasteiger partial charge in [-0.25, -0.2) is 9.78 Å². The Labute approximate surface area is 239 Å². The lowest BCUT2D eigenvalue weighted by Gasteiger charge is -2.15. The van der Waals surface area contributed by atoms with Gasteiger partial charge >= 0.3 is 12.4 Å². The summed E-state index contributed by atoms with van der Waals surface area (Å²) < 4.78 is 40.8. The zero-order valence-corrected chi connectivity index (χ0v) is 23.1. The lowest BCUT2D eigenvalue weighted by Crippen LogP contribution is -2.22. The Kier molecular flexibility index (Phi) is 8.79. The van der Waals surface area contributed by atoms with Crippen molar-refractivity contribution in [2.75, 3.05) is 35.4 Å². The van der Waals surface area contributed by atoms with E-state index < -0.39 is 12.4 Å². The Bertz CT molecular complexity index is 1590. The number of benzene rings is 3. The van der Waals surface area contributed by atoms with Gasteiger partial charge in [-0.15, -0.1) is 13.2 Å². The molecule has 0 bridgehead atoms. The van der Waals surface area contributed by atoms with Crippen molar-refractivity contribution in [3.63, 3.8) is 0 Å². The van der Waals surface area contributed by atoms with Gasteiger partial charge in [-0.3, -0.25) is 4.79 Å². The minimum absolute atomic E-state index is 0.105. The van der Waals surface area contributed by atoms with E-state index in [1.54, 1.807) is 50.6 Å². The molecule has 0 atom stereocenters. The third kappa shape index (κ3) is 8.10. The lowest BCUT2D eigenvalue weighted by atomic mass is 10.1. The second-order valence-corrected chi connectivity index (χ2v) is 9.43. The molecule has 4 N–H and O–H groups in total. The summed E-state index contributed by atoms with van der Waals surface area (Å²) >= 11 is 0. The number of carbonyl (C=O) groups is 2. The van der Waals surface area contributed by atoms with Crippen LogP contribution in [-0.2, 0) is 0 Å². The first kappa shape index (κ1) is 29.6. The molecule has 0 unspecified atom stereocenters. The fourth-order valence-electron chi connectivity index (χ4n) is 3.84. The van der Waals surface area contributed by atoms with Crippen molar-refractivity contribution in [1.29, 1.82) is 0 Å². The van der Waals surface area contributed by atoms with Crippen molar-refractivity contribution in [3.8, 4) is 5.75 Å². The van der Waals surface area contributed by atoms with E-state index in [4.69, 9.17) is 0 Å². The molecule has 10 nitrogen and oxygen atoms in total. The number of nitrogens with zero attached hydrogens (tertiary/aromatic N) is 3. The van der Waals surface area contributed by atoms with Crippen molar-refractivity contribution in [1.82, 2.24) is 14.9 Å². The summed E-state index contributed by atoms with van der Waals surface area (Å²) in [5.74, 6) is 0.355. The summed E-state index contributed by atoms with van der Waals surface area (Å²) in [6.07, 6.45) is -3.20. The normalized spacial score (nSPS) is 10.9. The van der Waals surface area contributed by atoms with Crippen LogP contribution in [0.3, 0.4) is 0 Å². The number of alkyl halides is 3. The van der Waals surface area contributed by atoms with Gasteiger partial charge in [0.1, 0.15) is 11.6 Å². The van der Waals surface area contributed by atoms with Gasteiger partial charge in [0, 0.05) is 48.6 Å². The third-order valence-electron chi connectivity index (χ3n) is 5.88. The fraction of sp³-hybridized carbons (Fsp3) is 0.172. The zero-order valence-electron chi connectivity index (χ0n) is 23.1. The molecule has 0 aliphatic heterocycles. The Morgan fingerprint density at radius 3 is 2.14 bits per heavy atom. The van der Waals surface area contributed by atoms with Crippen LogP contribution in [-0.4, -0.2) is 47.3 Å². The van der Waals surface area contributed by atoms with Crippen molar-refractivity contribution in [2.24, 2.45) is 0 Å². The molecule has 4 rings (SSSR count).